The molecule has 0 aliphatic heterocycles. The fraction of sp³-hybridized carbons (Fsp3) is 0.214. The summed E-state index contributed by atoms with van der Waals surface area (Å²) in [5.74, 6) is -0.120. The van der Waals surface area contributed by atoms with Crippen molar-refractivity contribution >= 4 is 44.5 Å². The Balaban J connectivity index is 2.24. The molecule has 2 rings (SSSR count). The lowest BCUT2D eigenvalue weighted by atomic mass is 10.1. The van der Waals surface area contributed by atoms with E-state index >= 15 is 0 Å². The second-order valence-corrected chi connectivity index (χ2v) is 6.55. The number of carbonyl (C=O) groups is 1. The standard InChI is InChI=1S/C14H15BrN2OS/c1-7-4-10(5-8(2)13(7)15)17-14(18)12-6-11(16)9(3)19-12/h4-6H,16H2,1-3H3,(H,17,18). The van der Waals surface area contributed by atoms with E-state index in [4.69, 9.17) is 5.73 Å². The van der Waals surface area contributed by atoms with Crippen molar-refractivity contribution < 1.29 is 4.79 Å². The minimum Gasteiger partial charge on any atom is -0.398 e. The maximum atomic E-state index is 12.1. The third kappa shape index (κ3) is 2.98. The predicted octanol–water partition coefficient (Wildman–Crippen LogP) is 4.27. The van der Waals surface area contributed by atoms with Crippen LogP contribution in [-0.4, -0.2) is 5.91 Å². The molecule has 3 N–H and O–H groups in total. The first-order chi connectivity index (χ1) is 8.88. The Bertz CT molecular complexity index is 606. The number of anilines is 2. The summed E-state index contributed by atoms with van der Waals surface area (Å²) >= 11 is 4.92. The summed E-state index contributed by atoms with van der Waals surface area (Å²) in [5.41, 5.74) is 9.42. The van der Waals surface area contributed by atoms with Crippen LogP contribution in [0.4, 0.5) is 11.4 Å². The zero-order valence-electron chi connectivity index (χ0n) is 11.0. The number of hydrogen-bond donors (Lipinski definition) is 2. The normalized spacial score (nSPS) is 10.5. The van der Waals surface area contributed by atoms with Gasteiger partial charge in [0.25, 0.3) is 5.91 Å². The Kier molecular flexibility index (Phi) is 3.96. The number of nitrogen functional groups attached to an aromatic ring is 1. The van der Waals surface area contributed by atoms with Gasteiger partial charge < -0.3 is 11.1 Å². The summed E-state index contributed by atoms with van der Waals surface area (Å²) < 4.78 is 1.07. The highest BCUT2D eigenvalue weighted by atomic mass is 79.9. The number of amides is 1. The average molecular weight is 339 g/mol. The number of aryl methyl sites for hydroxylation is 3. The summed E-state index contributed by atoms with van der Waals surface area (Å²) in [4.78, 5) is 13.7. The highest BCUT2D eigenvalue weighted by Gasteiger charge is 2.12. The second-order valence-electron chi connectivity index (χ2n) is 4.50. The Morgan fingerprint density at radius 1 is 1.21 bits per heavy atom. The minimum atomic E-state index is -0.120. The third-order valence-electron chi connectivity index (χ3n) is 2.87. The lowest BCUT2D eigenvalue weighted by molar-refractivity contribution is 0.103. The Morgan fingerprint density at radius 3 is 2.26 bits per heavy atom. The van der Waals surface area contributed by atoms with Gasteiger partial charge in [0.15, 0.2) is 0 Å². The highest BCUT2D eigenvalue weighted by Crippen LogP contribution is 2.27. The molecule has 0 atom stereocenters. The molecule has 0 saturated heterocycles. The van der Waals surface area contributed by atoms with Gasteiger partial charge in [-0.15, -0.1) is 11.3 Å². The molecule has 1 aromatic heterocycles. The van der Waals surface area contributed by atoms with Crippen molar-refractivity contribution in [1.82, 2.24) is 0 Å². The molecule has 0 aliphatic carbocycles. The molecule has 1 amide bonds. The molecule has 0 bridgehead atoms. The molecular weight excluding hydrogens is 324 g/mol. The molecule has 2 aromatic rings. The van der Waals surface area contributed by atoms with Crippen LogP contribution in [0.1, 0.15) is 25.7 Å². The number of benzene rings is 1. The molecule has 0 spiro atoms. The lowest BCUT2D eigenvalue weighted by Crippen LogP contribution is -2.10. The number of rotatable bonds is 2. The van der Waals surface area contributed by atoms with Crippen LogP contribution in [0.15, 0.2) is 22.7 Å². The molecule has 0 fully saturated rings. The van der Waals surface area contributed by atoms with Gasteiger partial charge in [0.2, 0.25) is 0 Å². The molecular formula is C14H15BrN2OS. The highest BCUT2D eigenvalue weighted by molar-refractivity contribution is 9.10. The van der Waals surface area contributed by atoms with E-state index in [-0.39, 0.29) is 5.91 Å². The van der Waals surface area contributed by atoms with Gasteiger partial charge in [-0.2, -0.15) is 0 Å². The largest absolute Gasteiger partial charge is 0.398 e. The van der Waals surface area contributed by atoms with Gasteiger partial charge in [-0.05, 0) is 50.1 Å². The second kappa shape index (κ2) is 5.35. The van der Waals surface area contributed by atoms with E-state index in [1.807, 2.05) is 32.9 Å². The predicted molar refractivity (Wildman–Crippen MR) is 85.0 cm³/mol. The number of hydrogen-bond acceptors (Lipinski definition) is 3. The molecule has 1 aromatic carbocycles. The first kappa shape index (κ1) is 14.1. The quantitative estimate of drug-likeness (QED) is 0.858. The van der Waals surface area contributed by atoms with E-state index in [2.05, 4.69) is 21.2 Å². The molecule has 0 radical (unpaired) electrons. The van der Waals surface area contributed by atoms with Crippen LogP contribution in [-0.2, 0) is 0 Å². The van der Waals surface area contributed by atoms with Gasteiger partial charge in [0, 0.05) is 20.7 Å². The van der Waals surface area contributed by atoms with Crippen molar-refractivity contribution in [3.63, 3.8) is 0 Å². The van der Waals surface area contributed by atoms with Crippen molar-refractivity contribution in [2.45, 2.75) is 20.8 Å². The number of carbonyl (C=O) groups excluding carboxylic acids is 1. The van der Waals surface area contributed by atoms with Crippen LogP contribution in [0.2, 0.25) is 0 Å². The maximum Gasteiger partial charge on any atom is 0.265 e. The van der Waals surface area contributed by atoms with E-state index < -0.39 is 0 Å². The summed E-state index contributed by atoms with van der Waals surface area (Å²) in [6, 6.07) is 5.60. The van der Waals surface area contributed by atoms with Crippen LogP contribution in [0.5, 0.6) is 0 Å². The van der Waals surface area contributed by atoms with Crippen molar-refractivity contribution in [3.05, 3.63) is 43.6 Å². The summed E-state index contributed by atoms with van der Waals surface area (Å²) in [6.45, 7) is 5.91. The van der Waals surface area contributed by atoms with Gasteiger partial charge in [-0.3, -0.25) is 4.79 Å². The maximum absolute atomic E-state index is 12.1. The zero-order valence-corrected chi connectivity index (χ0v) is 13.4. The SMILES string of the molecule is Cc1cc(NC(=O)c2cc(N)c(C)s2)cc(C)c1Br. The van der Waals surface area contributed by atoms with Crippen LogP contribution < -0.4 is 11.1 Å². The monoisotopic (exact) mass is 338 g/mol. The minimum absolute atomic E-state index is 0.120. The number of nitrogens with two attached hydrogens (primary N) is 1. The number of thiophene rings is 1. The molecule has 1 heterocycles. The van der Waals surface area contributed by atoms with Gasteiger partial charge >= 0.3 is 0 Å². The number of halogens is 1. The zero-order chi connectivity index (χ0) is 14.2. The Labute approximate surface area is 125 Å². The van der Waals surface area contributed by atoms with Crippen LogP contribution in [0.3, 0.4) is 0 Å². The fourth-order valence-electron chi connectivity index (χ4n) is 1.82. The molecule has 3 nitrogen and oxygen atoms in total. The van der Waals surface area contributed by atoms with Gasteiger partial charge in [-0.1, -0.05) is 15.9 Å². The molecule has 0 unspecified atom stereocenters. The lowest BCUT2D eigenvalue weighted by Gasteiger charge is -2.08. The van der Waals surface area contributed by atoms with E-state index in [1.54, 1.807) is 6.07 Å². The molecule has 0 saturated carbocycles. The Hall–Kier alpha value is -1.33. The summed E-state index contributed by atoms with van der Waals surface area (Å²) in [6.07, 6.45) is 0. The van der Waals surface area contributed by atoms with Crippen molar-refractivity contribution in [1.29, 1.82) is 0 Å². The molecule has 100 valence electrons. The van der Waals surface area contributed by atoms with E-state index in [0.717, 1.165) is 26.2 Å². The van der Waals surface area contributed by atoms with Crippen LogP contribution in [0, 0.1) is 20.8 Å². The van der Waals surface area contributed by atoms with Crippen molar-refractivity contribution in [2.75, 3.05) is 11.1 Å². The first-order valence-corrected chi connectivity index (χ1v) is 7.43. The summed E-state index contributed by atoms with van der Waals surface area (Å²) in [7, 11) is 0. The third-order valence-corrected chi connectivity index (χ3v) is 5.19. The molecule has 19 heavy (non-hydrogen) atoms. The van der Waals surface area contributed by atoms with Crippen LogP contribution >= 0.6 is 27.3 Å². The van der Waals surface area contributed by atoms with Crippen molar-refractivity contribution in [2.24, 2.45) is 0 Å². The van der Waals surface area contributed by atoms with Gasteiger partial charge in [-0.25, -0.2) is 0 Å². The van der Waals surface area contributed by atoms with E-state index in [9.17, 15) is 4.79 Å². The van der Waals surface area contributed by atoms with E-state index in [1.165, 1.54) is 11.3 Å². The Morgan fingerprint density at radius 2 is 1.79 bits per heavy atom. The topological polar surface area (TPSA) is 55.1 Å². The molecule has 0 aliphatic rings. The van der Waals surface area contributed by atoms with Gasteiger partial charge in [0.05, 0.1) is 4.88 Å². The summed E-state index contributed by atoms with van der Waals surface area (Å²) in [5, 5.41) is 2.90. The van der Waals surface area contributed by atoms with Crippen LogP contribution in [0.25, 0.3) is 0 Å². The van der Waals surface area contributed by atoms with Gasteiger partial charge in [0.1, 0.15) is 0 Å². The average Bonchev–Trinajstić information content (AvgIpc) is 2.66. The fourth-order valence-corrected chi connectivity index (χ4v) is 2.88. The molecule has 5 heteroatoms. The number of nitrogens with one attached hydrogen (secondary N) is 1. The van der Waals surface area contributed by atoms with Crippen molar-refractivity contribution in [3.8, 4) is 0 Å². The first-order valence-electron chi connectivity index (χ1n) is 5.82. The smallest absolute Gasteiger partial charge is 0.265 e. The van der Waals surface area contributed by atoms with E-state index in [0.29, 0.717) is 10.6 Å².